The van der Waals surface area contributed by atoms with E-state index in [0.717, 1.165) is 52.5 Å². The number of ether oxygens (including phenoxy) is 5. The number of rotatable bonds is 8. The first-order valence-corrected chi connectivity index (χ1v) is 10.5. The Bertz CT molecular complexity index is 492. The number of fused-ring (bicyclic) bond motifs is 2. The molecule has 6 atom stereocenters. The van der Waals surface area contributed by atoms with Gasteiger partial charge in [-0.15, -0.1) is 0 Å². The molecule has 3 aliphatic heterocycles. The van der Waals surface area contributed by atoms with Crippen LogP contribution in [0.25, 0.3) is 0 Å². The number of hydrogen-bond donors (Lipinski definition) is 0. The molecule has 0 spiro atoms. The second kappa shape index (κ2) is 6.41. The van der Waals surface area contributed by atoms with Crippen molar-refractivity contribution in [1.82, 2.24) is 0 Å². The quantitative estimate of drug-likeness (QED) is 0.618. The summed E-state index contributed by atoms with van der Waals surface area (Å²) < 4.78 is 29.3. The minimum Gasteiger partial charge on any atom is -0.380 e. The molecule has 3 saturated heterocycles. The third-order valence-corrected chi connectivity index (χ3v) is 7.36. The zero-order valence-corrected chi connectivity index (χ0v) is 16.3. The Labute approximate surface area is 157 Å². The van der Waals surface area contributed by atoms with Gasteiger partial charge in [-0.05, 0) is 49.4 Å². The van der Waals surface area contributed by atoms with Crippen LogP contribution in [0.4, 0.5) is 0 Å². The van der Waals surface area contributed by atoms with Crippen LogP contribution in [0.15, 0.2) is 0 Å². The van der Waals surface area contributed by atoms with Crippen LogP contribution in [0.5, 0.6) is 0 Å². The molecule has 5 nitrogen and oxygen atoms in total. The molecule has 5 rings (SSSR count). The van der Waals surface area contributed by atoms with Crippen LogP contribution in [0, 0.1) is 16.2 Å². The fourth-order valence-corrected chi connectivity index (χ4v) is 5.27. The van der Waals surface area contributed by atoms with E-state index < -0.39 is 0 Å². The molecule has 0 aromatic rings. The smallest absolute Gasteiger partial charge is 0.0848 e. The lowest BCUT2D eigenvalue weighted by Gasteiger charge is -2.43. The van der Waals surface area contributed by atoms with Gasteiger partial charge in [-0.1, -0.05) is 13.8 Å². The third kappa shape index (κ3) is 3.70. The molecule has 0 aromatic carbocycles. The van der Waals surface area contributed by atoms with Crippen LogP contribution in [0.2, 0.25) is 0 Å². The van der Waals surface area contributed by atoms with Crippen LogP contribution in [0.1, 0.15) is 52.4 Å². The summed E-state index contributed by atoms with van der Waals surface area (Å²) >= 11 is 0. The highest BCUT2D eigenvalue weighted by atomic mass is 16.6. The average molecular weight is 366 g/mol. The van der Waals surface area contributed by atoms with E-state index in [2.05, 4.69) is 13.8 Å². The summed E-state index contributed by atoms with van der Waals surface area (Å²) in [6, 6.07) is 0. The lowest BCUT2D eigenvalue weighted by Crippen LogP contribution is -2.51. The van der Waals surface area contributed by atoms with Crippen molar-refractivity contribution in [2.75, 3.05) is 39.6 Å². The summed E-state index contributed by atoms with van der Waals surface area (Å²) in [5.74, 6) is 0. The van der Waals surface area contributed by atoms with Crippen molar-refractivity contribution in [2.24, 2.45) is 16.2 Å². The molecule has 3 heterocycles. The molecule has 0 aromatic heterocycles. The predicted molar refractivity (Wildman–Crippen MR) is 96.1 cm³/mol. The Morgan fingerprint density at radius 2 is 1.23 bits per heavy atom. The molecule has 148 valence electrons. The summed E-state index contributed by atoms with van der Waals surface area (Å²) in [5.41, 5.74) is 0.620. The minimum absolute atomic E-state index is 0.0628. The highest BCUT2D eigenvalue weighted by Gasteiger charge is 2.50. The average Bonchev–Trinajstić information content (AvgIpc) is 3.46. The normalized spacial score (nSPS) is 48.2. The van der Waals surface area contributed by atoms with Gasteiger partial charge in [0.2, 0.25) is 0 Å². The van der Waals surface area contributed by atoms with Gasteiger partial charge in [0.1, 0.15) is 0 Å². The maximum absolute atomic E-state index is 6.21. The molecule has 5 heteroatoms. The van der Waals surface area contributed by atoms with Gasteiger partial charge >= 0.3 is 0 Å². The molecular formula is C21H34O5. The standard InChI is InChI=1S/C21H34O5/c1-19(5-3-15-17(7-19)25-15)9-22-11-21(13-24-14-21)12-23-10-20(2)6-4-16-18(8-20)26-16/h15-18H,3-14H2,1-2H3. The van der Waals surface area contributed by atoms with Crippen LogP contribution in [-0.4, -0.2) is 64.1 Å². The maximum atomic E-state index is 6.21. The van der Waals surface area contributed by atoms with E-state index in [0.29, 0.717) is 24.4 Å². The minimum atomic E-state index is 0.0628. The van der Waals surface area contributed by atoms with Crippen molar-refractivity contribution in [3.63, 3.8) is 0 Å². The summed E-state index contributed by atoms with van der Waals surface area (Å²) in [6.45, 7) is 9.40. The second-order valence-corrected chi connectivity index (χ2v) is 10.5. The van der Waals surface area contributed by atoms with Crippen molar-refractivity contribution in [3.8, 4) is 0 Å². The molecule has 26 heavy (non-hydrogen) atoms. The molecule has 0 N–H and O–H groups in total. The van der Waals surface area contributed by atoms with Gasteiger partial charge in [0.05, 0.1) is 69.5 Å². The first-order chi connectivity index (χ1) is 12.5. The zero-order chi connectivity index (χ0) is 17.8. The monoisotopic (exact) mass is 366 g/mol. The van der Waals surface area contributed by atoms with Gasteiger partial charge in [0.15, 0.2) is 0 Å². The van der Waals surface area contributed by atoms with Crippen LogP contribution >= 0.6 is 0 Å². The Balaban J connectivity index is 1.05. The fourth-order valence-electron chi connectivity index (χ4n) is 5.27. The topological polar surface area (TPSA) is 52.8 Å². The van der Waals surface area contributed by atoms with Crippen molar-refractivity contribution in [1.29, 1.82) is 0 Å². The molecule has 2 aliphatic carbocycles. The van der Waals surface area contributed by atoms with Gasteiger partial charge in [-0.2, -0.15) is 0 Å². The van der Waals surface area contributed by atoms with E-state index in [1.807, 2.05) is 0 Å². The van der Waals surface area contributed by atoms with Crippen LogP contribution in [0.3, 0.4) is 0 Å². The van der Waals surface area contributed by atoms with Crippen molar-refractivity contribution >= 4 is 0 Å². The number of hydrogen-bond acceptors (Lipinski definition) is 5. The van der Waals surface area contributed by atoms with E-state index in [-0.39, 0.29) is 16.2 Å². The number of epoxide rings is 2. The maximum Gasteiger partial charge on any atom is 0.0848 e. The summed E-state index contributed by atoms with van der Waals surface area (Å²) in [6.07, 6.45) is 9.27. The largest absolute Gasteiger partial charge is 0.380 e. The van der Waals surface area contributed by atoms with Gasteiger partial charge in [-0.25, -0.2) is 0 Å². The fraction of sp³-hybridized carbons (Fsp3) is 1.00. The van der Waals surface area contributed by atoms with Gasteiger partial charge in [0, 0.05) is 0 Å². The summed E-state index contributed by atoms with van der Waals surface area (Å²) in [5, 5.41) is 0. The Morgan fingerprint density at radius 1 is 0.731 bits per heavy atom. The van der Waals surface area contributed by atoms with E-state index in [1.165, 1.54) is 25.7 Å². The SMILES string of the molecule is CC1(COCC2(COCC3(C)CCC4OC4C3)COC2)CCC2OC2C1. The molecular weight excluding hydrogens is 332 g/mol. The Hall–Kier alpha value is -0.200. The first kappa shape index (κ1) is 17.9. The van der Waals surface area contributed by atoms with Gasteiger partial charge in [0.25, 0.3) is 0 Å². The Kier molecular flexibility index (Phi) is 4.41. The summed E-state index contributed by atoms with van der Waals surface area (Å²) in [4.78, 5) is 0. The molecule has 5 fully saturated rings. The predicted octanol–water partition coefficient (Wildman–Crippen LogP) is 2.95. The molecule has 5 aliphatic rings. The van der Waals surface area contributed by atoms with E-state index in [9.17, 15) is 0 Å². The highest BCUT2D eigenvalue weighted by molar-refractivity contribution is 4.98. The summed E-state index contributed by atoms with van der Waals surface area (Å²) in [7, 11) is 0. The molecule has 0 radical (unpaired) electrons. The zero-order valence-electron chi connectivity index (χ0n) is 16.3. The first-order valence-electron chi connectivity index (χ1n) is 10.5. The molecule has 6 unspecified atom stereocenters. The Morgan fingerprint density at radius 3 is 1.62 bits per heavy atom. The lowest BCUT2D eigenvalue weighted by molar-refractivity contribution is -0.187. The third-order valence-electron chi connectivity index (χ3n) is 7.36. The molecule has 0 bridgehead atoms. The second-order valence-electron chi connectivity index (χ2n) is 10.5. The van der Waals surface area contributed by atoms with Crippen molar-refractivity contribution in [3.05, 3.63) is 0 Å². The van der Waals surface area contributed by atoms with Gasteiger partial charge in [-0.3, -0.25) is 0 Å². The van der Waals surface area contributed by atoms with E-state index in [1.54, 1.807) is 0 Å². The van der Waals surface area contributed by atoms with E-state index >= 15 is 0 Å². The van der Waals surface area contributed by atoms with Crippen LogP contribution in [-0.2, 0) is 23.7 Å². The highest BCUT2D eigenvalue weighted by Crippen LogP contribution is 2.47. The van der Waals surface area contributed by atoms with Gasteiger partial charge < -0.3 is 23.7 Å². The lowest BCUT2D eigenvalue weighted by atomic mass is 9.76. The molecule has 2 saturated carbocycles. The van der Waals surface area contributed by atoms with E-state index in [4.69, 9.17) is 23.7 Å². The molecule has 0 amide bonds. The van der Waals surface area contributed by atoms with Crippen molar-refractivity contribution < 1.29 is 23.7 Å². The van der Waals surface area contributed by atoms with Crippen LogP contribution < -0.4 is 0 Å². The van der Waals surface area contributed by atoms with Crippen molar-refractivity contribution in [2.45, 2.75) is 76.8 Å².